The monoisotopic (exact) mass is 350 g/mol. The number of hydrogen-bond donors (Lipinski definition) is 2. The van der Waals surface area contributed by atoms with Crippen molar-refractivity contribution in [3.8, 4) is 17.1 Å². The van der Waals surface area contributed by atoms with E-state index in [0.717, 1.165) is 38.4 Å². The fraction of sp³-hybridized carbons (Fsp3) is 0.111. The average molecular weight is 350 g/mol. The Hall–Kier alpha value is -2.93. The number of aromatic hydroxyl groups is 1. The molecule has 0 saturated heterocycles. The van der Waals surface area contributed by atoms with Crippen molar-refractivity contribution >= 4 is 23.6 Å². The van der Waals surface area contributed by atoms with E-state index >= 15 is 0 Å². The number of fused-ring (bicyclic) bond motifs is 1. The van der Waals surface area contributed by atoms with Crippen LogP contribution in [0.15, 0.2) is 52.3 Å². The maximum absolute atomic E-state index is 11.9. The van der Waals surface area contributed by atoms with Crippen LogP contribution in [0.25, 0.3) is 17.0 Å². The highest BCUT2D eigenvalue weighted by atomic mass is 32.2. The Morgan fingerprint density at radius 1 is 1.16 bits per heavy atom. The molecule has 2 N–H and O–H groups in total. The summed E-state index contributed by atoms with van der Waals surface area (Å²) in [6.07, 6.45) is 0.960. The van der Waals surface area contributed by atoms with Gasteiger partial charge in [0, 0.05) is 10.5 Å². The number of H-pyrrole nitrogens is 1. The summed E-state index contributed by atoms with van der Waals surface area (Å²) in [6.45, 7) is 2.00. The maximum atomic E-state index is 11.9. The quantitative estimate of drug-likeness (QED) is 0.704. The van der Waals surface area contributed by atoms with Crippen molar-refractivity contribution in [1.82, 2.24) is 20.6 Å². The van der Waals surface area contributed by atoms with Gasteiger partial charge in [-0.15, -0.1) is 10.2 Å². The lowest BCUT2D eigenvalue weighted by Gasteiger charge is -2.26. The van der Waals surface area contributed by atoms with Crippen LogP contribution in [-0.4, -0.2) is 32.0 Å². The molecule has 2 aromatic carbocycles. The van der Waals surface area contributed by atoms with E-state index in [-0.39, 0.29) is 11.7 Å². The summed E-state index contributed by atoms with van der Waals surface area (Å²) < 4.78 is 0. The van der Waals surface area contributed by atoms with Crippen molar-refractivity contribution in [3.05, 3.63) is 58.5 Å². The number of carbonyl (C=O) groups excluding carboxylic acids is 1. The van der Waals surface area contributed by atoms with E-state index in [4.69, 9.17) is 0 Å². The van der Waals surface area contributed by atoms with E-state index in [1.54, 1.807) is 23.9 Å². The Kier molecular flexibility index (Phi) is 3.85. The molecule has 1 aliphatic heterocycles. The van der Waals surface area contributed by atoms with Gasteiger partial charge >= 0.3 is 0 Å². The number of carbonyl (C=O) groups is 1. The highest BCUT2D eigenvalue weighted by Gasteiger charge is 2.28. The Morgan fingerprint density at radius 3 is 2.60 bits per heavy atom. The van der Waals surface area contributed by atoms with Crippen LogP contribution in [-0.2, 0) is 4.79 Å². The number of aromatic amines is 1. The summed E-state index contributed by atoms with van der Waals surface area (Å²) in [6, 6.07) is 12.9. The number of nitrogens with zero attached hydrogens (tertiary/aromatic N) is 3. The molecule has 6 nitrogen and oxygen atoms in total. The van der Waals surface area contributed by atoms with Crippen LogP contribution in [0.3, 0.4) is 0 Å². The van der Waals surface area contributed by atoms with Crippen LogP contribution in [0.5, 0.6) is 5.75 Å². The van der Waals surface area contributed by atoms with Gasteiger partial charge in [0.25, 0.3) is 0 Å². The zero-order valence-electron chi connectivity index (χ0n) is 13.3. The Bertz CT molecular complexity index is 965. The van der Waals surface area contributed by atoms with Crippen LogP contribution >= 0.6 is 11.8 Å². The molecule has 1 unspecified atom stereocenters. The van der Waals surface area contributed by atoms with Crippen molar-refractivity contribution in [2.75, 3.05) is 0 Å². The normalized spacial score (nSPS) is 16.6. The number of phenolic OH excluding ortho intramolecular Hbond substituents is 1. The lowest BCUT2D eigenvalue weighted by molar-refractivity contribution is -0.108. The summed E-state index contributed by atoms with van der Waals surface area (Å²) in [4.78, 5) is 13.8. The number of phenols is 1. The van der Waals surface area contributed by atoms with Gasteiger partial charge in [0.15, 0.2) is 0 Å². The molecule has 7 heteroatoms. The molecule has 0 bridgehead atoms. The molecule has 3 aromatic rings. The summed E-state index contributed by atoms with van der Waals surface area (Å²) >= 11 is 1.57. The first-order valence-electron chi connectivity index (χ1n) is 7.68. The third-order valence-corrected chi connectivity index (χ3v) is 5.32. The smallest absolute Gasteiger partial charge is 0.204 e. The lowest BCUT2D eigenvalue weighted by atomic mass is 9.86. The van der Waals surface area contributed by atoms with Gasteiger partial charge in [-0.1, -0.05) is 42.1 Å². The number of rotatable bonds is 3. The Morgan fingerprint density at radius 2 is 1.92 bits per heavy atom. The second-order valence-corrected chi connectivity index (χ2v) is 6.98. The minimum absolute atomic E-state index is 0.205. The molecule has 4 rings (SSSR count). The third kappa shape index (κ3) is 2.72. The average Bonchev–Trinajstić information content (AvgIpc) is 3.15. The standard InChI is InChI=1S/C18H14N4O2S/c1-10-17(11-2-4-12(5-3-11)18-19-21-22-20-18)15(9-23)14-7-6-13(24)8-16(14)25-10/h2-9,15,24H,1H3,(H,19,20,21,22). The Labute approximate surface area is 148 Å². The van der Waals surface area contributed by atoms with Crippen molar-refractivity contribution in [3.63, 3.8) is 0 Å². The number of aldehydes is 1. The predicted molar refractivity (Wildman–Crippen MR) is 95.0 cm³/mol. The van der Waals surface area contributed by atoms with E-state index in [0.29, 0.717) is 5.82 Å². The minimum atomic E-state index is -0.354. The molecule has 1 aliphatic rings. The van der Waals surface area contributed by atoms with Crippen LogP contribution in [0.4, 0.5) is 0 Å². The van der Waals surface area contributed by atoms with E-state index in [1.807, 2.05) is 37.3 Å². The van der Waals surface area contributed by atoms with Crippen LogP contribution in [0, 0.1) is 0 Å². The first kappa shape index (κ1) is 15.6. The van der Waals surface area contributed by atoms with Crippen LogP contribution in [0.2, 0.25) is 0 Å². The van der Waals surface area contributed by atoms with Crippen molar-refractivity contribution in [2.45, 2.75) is 17.7 Å². The molecule has 0 radical (unpaired) electrons. The molecular weight excluding hydrogens is 336 g/mol. The highest BCUT2D eigenvalue weighted by Crippen LogP contribution is 2.48. The number of thioether (sulfide) groups is 1. The van der Waals surface area contributed by atoms with E-state index in [1.165, 1.54) is 0 Å². The zero-order valence-corrected chi connectivity index (χ0v) is 14.1. The lowest BCUT2D eigenvalue weighted by Crippen LogP contribution is -2.10. The molecule has 0 spiro atoms. The fourth-order valence-corrected chi connectivity index (χ4v) is 4.25. The van der Waals surface area contributed by atoms with Gasteiger partial charge in [-0.25, -0.2) is 0 Å². The second kappa shape index (κ2) is 6.18. The van der Waals surface area contributed by atoms with Gasteiger partial charge in [0.2, 0.25) is 5.82 Å². The minimum Gasteiger partial charge on any atom is -0.508 e. The molecule has 124 valence electrons. The molecule has 1 aromatic heterocycles. The summed E-state index contributed by atoms with van der Waals surface area (Å²) in [5.74, 6) is 0.382. The maximum Gasteiger partial charge on any atom is 0.204 e. The highest BCUT2D eigenvalue weighted by molar-refractivity contribution is 8.03. The summed E-state index contributed by atoms with van der Waals surface area (Å²) in [5.41, 5.74) is 3.73. The number of hydrogen-bond acceptors (Lipinski definition) is 6. The topological polar surface area (TPSA) is 91.8 Å². The largest absolute Gasteiger partial charge is 0.508 e. The van der Waals surface area contributed by atoms with Gasteiger partial charge in [0.1, 0.15) is 12.0 Å². The van der Waals surface area contributed by atoms with E-state index in [2.05, 4.69) is 20.6 Å². The van der Waals surface area contributed by atoms with Gasteiger partial charge in [-0.2, -0.15) is 5.21 Å². The molecule has 1 atom stereocenters. The Balaban J connectivity index is 1.76. The van der Waals surface area contributed by atoms with Gasteiger partial charge < -0.3 is 9.90 Å². The number of aromatic nitrogens is 4. The van der Waals surface area contributed by atoms with Crippen molar-refractivity contribution in [1.29, 1.82) is 0 Å². The molecule has 0 aliphatic carbocycles. The SMILES string of the molecule is CC1=C(c2ccc(-c3nn[nH]n3)cc2)C(C=O)c2ccc(O)cc2S1. The molecule has 0 saturated carbocycles. The van der Waals surface area contributed by atoms with Crippen molar-refractivity contribution < 1.29 is 9.90 Å². The van der Waals surface area contributed by atoms with Gasteiger partial charge in [-0.3, -0.25) is 0 Å². The zero-order chi connectivity index (χ0) is 17.4. The van der Waals surface area contributed by atoms with Crippen LogP contribution in [0.1, 0.15) is 24.0 Å². The van der Waals surface area contributed by atoms with Gasteiger partial charge in [0.05, 0.1) is 5.92 Å². The molecule has 2 heterocycles. The predicted octanol–water partition coefficient (Wildman–Crippen LogP) is 3.39. The van der Waals surface area contributed by atoms with E-state index < -0.39 is 0 Å². The number of tetrazole rings is 1. The fourth-order valence-electron chi connectivity index (χ4n) is 3.07. The van der Waals surface area contributed by atoms with Crippen LogP contribution < -0.4 is 0 Å². The molecule has 0 fully saturated rings. The van der Waals surface area contributed by atoms with Gasteiger partial charge in [-0.05, 0) is 45.9 Å². The molecule has 25 heavy (non-hydrogen) atoms. The third-order valence-electron chi connectivity index (χ3n) is 4.22. The number of allylic oxidation sites excluding steroid dienone is 2. The molecule has 0 amide bonds. The first-order chi connectivity index (χ1) is 12.2. The second-order valence-electron chi connectivity index (χ2n) is 5.72. The summed E-state index contributed by atoms with van der Waals surface area (Å²) in [7, 11) is 0. The van der Waals surface area contributed by atoms with Crippen molar-refractivity contribution in [2.24, 2.45) is 0 Å². The first-order valence-corrected chi connectivity index (χ1v) is 8.50. The summed E-state index contributed by atoms with van der Waals surface area (Å²) in [5, 5.41) is 23.6. The number of nitrogens with one attached hydrogen (secondary N) is 1. The van der Waals surface area contributed by atoms with E-state index in [9.17, 15) is 9.90 Å². The number of benzene rings is 2. The molecular formula is C18H14N4O2S.